The summed E-state index contributed by atoms with van der Waals surface area (Å²) in [5.41, 5.74) is 5.37. The highest BCUT2D eigenvalue weighted by Crippen LogP contribution is 2.32. The minimum atomic E-state index is 0.159. The van der Waals surface area contributed by atoms with Crippen LogP contribution in [0.1, 0.15) is 6.42 Å². The van der Waals surface area contributed by atoms with Crippen LogP contribution in [0.15, 0.2) is 46.0 Å². The average molecular weight is 309 g/mol. The van der Waals surface area contributed by atoms with Gasteiger partial charge in [-0.1, -0.05) is 35.5 Å². The summed E-state index contributed by atoms with van der Waals surface area (Å²) < 4.78 is 6.52. The zero-order valence-corrected chi connectivity index (χ0v) is 11.2. The molecule has 0 aromatic heterocycles. The smallest absolute Gasteiger partial charge is 0.142 e. The number of benzene rings is 2. The third-order valence-corrected chi connectivity index (χ3v) is 3.39. The largest absolute Gasteiger partial charge is 0.492 e. The summed E-state index contributed by atoms with van der Waals surface area (Å²) in [6.45, 7) is 0.368. The summed E-state index contributed by atoms with van der Waals surface area (Å²) in [6, 6.07) is 11.9. The van der Waals surface area contributed by atoms with E-state index in [0.29, 0.717) is 13.0 Å². The minimum Gasteiger partial charge on any atom is -0.492 e. The van der Waals surface area contributed by atoms with E-state index in [1.54, 1.807) is 0 Å². The lowest BCUT2D eigenvalue weighted by molar-refractivity contribution is 0.305. The molecule has 0 spiro atoms. The molecule has 0 aliphatic rings. The van der Waals surface area contributed by atoms with Crippen molar-refractivity contribution in [2.45, 2.75) is 6.42 Å². The summed E-state index contributed by atoms with van der Waals surface area (Å²) >= 11 is 3.53. The first-order valence-corrected chi connectivity index (χ1v) is 6.28. The van der Waals surface area contributed by atoms with E-state index < -0.39 is 0 Å². The van der Waals surface area contributed by atoms with Crippen molar-refractivity contribution in [1.29, 1.82) is 0 Å². The first-order valence-electron chi connectivity index (χ1n) is 5.49. The maximum atomic E-state index is 8.43. The Balaban J connectivity index is 2.16. The molecule has 0 aliphatic carbocycles. The number of oxime groups is 1. The Labute approximate surface area is 113 Å². The Morgan fingerprint density at radius 1 is 1.28 bits per heavy atom. The molecule has 94 valence electrons. The topological polar surface area (TPSA) is 67.8 Å². The number of nitrogens with zero attached hydrogens (tertiary/aromatic N) is 1. The highest BCUT2D eigenvalue weighted by molar-refractivity contribution is 9.10. The van der Waals surface area contributed by atoms with Gasteiger partial charge < -0.3 is 15.7 Å². The molecule has 0 heterocycles. The number of ether oxygens (including phenoxy) is 1. The molecule has 0 saturated heterocycles. The van der Waals surface area contributed by atoms with Gasteiger partial charge in [-0.25, -0.2) is 0 Å². The molecule has 18 heavy (non-hydrogen) atoms. The third-order valence-electron chi connectivity index (χ3n) is 2.57. The SMILES string of the molecule is N/C(CCOc1ccc2ccccc2c1Br)=N\O. The van der Waals surface area contributed by atoms with Gasteiger partial charge in [0.15, 0.2) is 0 Å². The summed E-state index contributed by atoms with van der Waals surface area (Å²) in [5, 5.41) is 13.6. The molecule has 0 unspecified atom stereocenters. The summed E-state index contributed by atoms with van der Waals surface area (Å²) in [4.78, 5) is 0. The van der Waals surface area contributed by atoms with E-state index in [1.807, 2.05) is 36.4 Å². The van der Waals surface area contributed by atoms with Crippen molar-refractivity contribution in [1.82, 2.24) is 0 Å². The molecule has 4 nitrogen and oxygen atoms in total. The molecule has 3 N–H and O–H groups in total. The van der Waals surface area contributed by atoms with Crippen LogP contribution < -0.4 is 10.5 Å². The van der Waals surface area contributed by atoms with Gasteiger partial charge in [-0.2, -0.15) is 0 Å². The van der Waals surface area contributed by atoms with Gasteiger partial charge in [0.25, 0.3) is 0 Å². The molecule has 0 fully saturated rings. The summed E-state index contributed by atoms with van der Waals surface area (Å²) in [5.74, 6) is 0.909. The lowest BCUT2D eigenvalue weighted by Crippen LogP contribution is -2.15. The lowest BCUT2D eigenvalue weighted by atomic mass is 10.1. The second-order valence-electron chi connectivity index (χ2n) is 3.79. The fourth-order valence-corrected chi connectivity index (χ4v) is 2.25. The van der Waals surface area contributed by atoms with Crippen LogP contribution in [-0.2, 0) is 0 Å². The van der Waals surface area contributed by atoms with Crippen molar-refractivity contribution in [2.24, 2.45) is 10.9 Å². The van der Waals surface area contributed by atoms with Crippen LogP contribution in [0.2, 0.25) is 0 Å². The predicted octanol–water partition coefficient (Wildman–Crippen LogP) is 3.12. The van der Waals surface area contributed by atoms with Crippen molar-refractivity contribution >= 4 is 32.5 Å². The number of hydrogen-bond acceptors (Lipinski definition) is 3. The Morgan fingerprint density at radius 2 is 2.06 bits per heavy atom. The second kappa shape index (κ2) is 5.73. The van der Waals surface area contributed by atoms with Crippen molar-refractivity contribution in [2.75, 3.05) is 6.61 Å². The van der Waals surface area contributed by atoms with Crippen molar-refractivity contribution in [3.63, 3.8) is 0 Å². The Morgan fingerprint density at radius 3 is 2.83 bits per heavy atom. The molecule has 2 aromatic carbocycles. The van der Waals surface area contributed by atoms with Crippen LogP contribution in [0.5, 0.6) is 5.75 Å². The molecule has 0 bridgehead atoms. The Bertz CT molecular complexity index is 584. The number of rotatable bonds is 4. The molecular formula is C13H13BrN2O2. The van der Waals surface area contributed by atoms with E-state index in [4.69, 9.17) is 15.7 Å². The quantitative estimate of drug-likeness (QED) is 0.395. The molecular weight excluding hydrogens is 296 g/mol. The first-order chi connectivity index (χ1) is 8.72. The highest BCUT2D eigenvalue weighted by atomic mass is 79.9. The van der Waals surface area contributed by atoms with E-state index >= 15 is 0 Å². The van der Waals surface area contributed by atoms with Gasteiger partial charge >= 0.3 is 0 Å². The van der Waals surface area contributed by atoms with Crippen molar-refractivity contribution in [3.8, 4) is 5.75 Å². The van der Waals surface area contributed by atoms with Gasteiger partial charge in [-0.3, -0.25) is 0 Å². The molecule has 0 saturated carbocycles. The van der Waals surface area contributed by atoms with Crippen LogP contribution in [0.4, 0.5) is 0 Å². The van der Waals surface area contributed by atoms with Gasteiger partial charge in [-0.15, -0.1) is 0 Å². The van der Waals surface area contributed by atoms with Crippen molar-refractivity contribution in [3.05, 3.63) is 40.9 Å². The van der Waals surface area contributed by atoms with Crippen LogP contribution >= 0.6 is 15.9 Å². The van der Waals surface area contributed by atoms with Gasteiger partial charge in [0, 0.05) is 6.42 Å². The number of nitrogens with two attached hydrogens (primary N) is 1. The van der Waals surface area contributed by atoms with Gasteiger partial charge in [0.05, 0.1) is 11.1 Å². The van der Waals surface area contributed by atoms with E-state index in [-0.39, 0.29) is 5.84 Å². The molecule has 5 heteroatoms. The number of hydrogen-bond donors (Lipinski definition) is 2. The molecule has 0 amide bonds. The molecule has 0 atom stereocenters. The van der Waals surface area contributed by atoms with Crippen LogP contribution in [0, 0.1) is 0 Å². The third kappa shape index (κ3) is 2.73. The van der Waals surface area contributed by atoms with E-state index in [9.17, 15) is 0 Å². The second-order valence-corrected chi connectivity index (χ2v) is 4.58. The minimum absolute atomic E-state index is 0.159. The van der Waals surface area contributed by atoms with Gasteiger partial charge in [0.1, 0.15) is 11.6 Å². The van der Waals surface area contributed by atoms with Gasteiger partial charge in [0.2, 0.25) is 0 Å². The zero-order valence-electron chi connectivity index (χ0n) is 9.64. The van der Waals surface area contributed by atoms with E-state index in [1.165, 1.54) is 0 Å². The van der Waals surface area contributed by atoms with Crippen LogP contribution in [-0.4, -0.2) is 17.6 Å². The fraction of sp³-hybridized carbons (Fsp3) is 0.154. The van der Waals surface area contributed by atoms with Crippen molar-refractivity contribution < 1.29 is 9.94 Å². The Kier molecular flexibility index (Phi) is 4.04. The maximum absolute atomic E-state index is 8.43. The Hall–Kier alpha value is -1.75. The normalized spacial score (nSPS) is 11.7. The lowest BCUT2D eigenvalue weighted by Gasteiger charge is -2.09. The zero-order chi connectivity index (χ0) is 13.0. The first kappa shape index (κ1) is 12.7. The van der Waals surface area contributed by atoms with Gasteiger partial charge in [-0.05, 0) is 32.8 Å². The predicted molar refractivity (Wildman–Crippen MR) is 75.2 cm³/mol. The standard InChI is InChI=1S/C13H13BrN2O2/c14-13-10-4-2-1-3-9(10)5-6-11(13)18-8-7-12(15)16-17/h1-6,17H,7-8H2,(H2,15,16). The summed E-state index contributed by atoms with van der Waals surface area (Å²) in [7, 11) is 0. The molecule has 2 rings (SSSR count). The molecule has 2 aromatic rings. The highest BCUT2D eigenvalue weighted by Gasteiger charge is 2.06. The monoisotopic (exact) mass is 308 g/mol. The summed E-state index contributed by atoms with van der Waals surface area (Å²) in [6.07, 6.45) is 0.385. The van der Waals surface area contributed by atoms with Crippen LogP contribution in [0.25, 0.3) is 10.8 Å². The number of fused-ring (bicyclic) bond motifs is 1. The van der Waals surface area contributed by atoms with E-state index in [2.05, 4.69) is 21.1 Å². The van der Waals surface area contributed by atoms with Crippen LogP contribution in [0.3, 0.4) is 0 Å². The molecule has 0 aliphatic heterocycles. The van der Waals surface area contributed by atoms with E-state index in [0.717, 1.165) is 21.0 Å². The fourth-order valence-electron chi connectivity index (χ4n) is 1.64. The maximum Gasteiger partial charge on any atom is 0.142 e. The number of halogens is 1. The average Bonchev–Trinajstić information content (AvgIpc) is 2.41. The molecule has 0 radical (unpaired) electrons. The number of amidine groups is 1.